The monoisotopic (exact) mass is 338 g/mol. The molecule has 3 rings (SSSR count). The van der Waals surface area contributed by atoms with Crippen LogP contribution in [-0.4, -0.2) is 31.0 Å². The lowest BCUT2D eigenvalue weighted by Gasteiger charge is -2.09. The van der Waals surface area contributed by atoms with Crippen LogP contribution in [0, 0.1) is 0 Å². The number of rotatable bonds is 7. The maximum absolute atomic E-state index is 5.55. The fourth-order valence-electron chi connectivity index (χ4n) is 2.27. The van der Waals surface area contributed by atoms with Crippen LogP contribution in [0.3, 0.4) is 0 Å². The van der Waals surface area contributed by atoms with Crippen molar-refractivity contribution < 1.29 is 18.7 Å². The zero-order chi connectivity index (χ0) is 17.6. The van der Waals surface area contributed by atoms with E-state index in [4.69, 9.17) is 18.7 Å². The molecular formula is C19H18N2O4. The van der Waals surface area contributed by atoms with Gasteiger partial charge < -0.3 is 18.7 Å². The van der Waals surface area contributed by atoms with Crippen molar-refractivity contribution in [3.63, 3.8) is 0 Å². The summed E-state index contributed by atoms with van der Waals surface area (Å²) < 4.78 is 21.4. The molecule has 0 fully saturated rings. The minimum Gasteiger partial charge on any atom is -0.497 e. The van der Waals surface area contributed by atoms with E-state index < -0.39 is 0 Å². The van der Waals surface area contributed by atoms with E-state index in [1.54, 1.807) is 32.4 Å². The van der Waals surface area contributed by atoms with Gasteiger partial charge >= 0.3 is 0 Å². The number of ether oxygens (including phenoxy) is 3. The number of hydrogen-bond acceptors (Lipinski definition) is 6. The first-order valence-corrected chi connectivity index (χ1v) is 7.65. The van der Waals surface area contributed by atoms with Crippen molar-refractivity contribution >= 4 is 0 Å². The van der Waals surface area contributed by atoms with Crippen LogP contribution in [0.15, 0.2) is 59.6 Å². The summed E-state index contributed by atoms with van der Waals surface area (Å²) in [6, 6.07) is 12.9. The van der Waals surface area contributed by atoms with Crippen molar-refractivity contribution in [2.24, 2.45) is 0 Å². The number of methoxy groups -OCH3 is 2. The zero-order valence-corrected chi connectivity index (χ0v) is 14.1. The van der Waals surface area contributed by atoms with Gasteiger partial charge in [-0.15, -0.1) is 0 Å². The summed E-state index contributed by atoms with van der Waals surface area (Å²) in [5, 5.41) is 4.04. The van der Waals surface area contributed by atoms with E-state index in [-0.39, 0.29) is 0 Å². The van der Waals surface area contributed by atoms with Gasteiger partial charge in [0.2, 0.25) is 5.82 Å². The largest absolute Gasteiger partial charge is 0.497 e. The Kier molecular flexibility index (Phi) is 4.99. The van der Waals surface area contributed by atoms with E-state index in [1.807, 2.05) is 30.3 Å². The third kappa shape index (κ3) is 3.63. The molecule has 0 aliphatic rings. The van der Waals surface area contributed by atoms with Gasteiger partial charge in [0.15, 0.2) is 11.5 Å². The van der Waals surface area contributed by atoms with Crippen LogP contribution in [0.4, 0.5) is 0 Å². The second-order valence-corrected chi connectivity index (χ2v) is 5.12. The molecule has 0 bridgehead atoms. The highest BCUT2D eigenvalue weighted by atomic mass is 16.5. The Bertz CT molecular complexity index is 856. The lowest BCUT2D eigenvalue weighted by molar-refractivity contribution is 0.326. The van der Waals surface area contributed by atoms with Crippen LogP contribution in [0.2, 0.25) is 0 Å². The van der Waals surface area contributed by atoms with Crippen LogP contribution in [0.25, 0.3) is 22.8 Å². The normalized spacial score (nSPS) is 10.3. The molecular weight excluding hydrogens is 320 g/mol. The summed E-state index contributed by atoms with van der Waals surface area (Å²) in [5.41, 5.74) is 1.59. The molecule has 0 aliphatic heterocycles. The zero-order valence-electron chi connectivity index (χ0n) is 14.1. The predicted molar refractivity (Wildman–Crippen MR) is 94.0 cm³/mol. The second kappa shape index (κ2) is 7.53. The fraction of sp³-hybridized carbons (Fsp3) is 0.158. The first-order valence-electron chi connectivity index (χ1n) is 7.65. The number of benzene rings is 2. The van der Waals surface area contributed by atoms with Gasteiger partial charge in [-0.25, -0.2) is 0 Å². The van der Waals surface area contributed by atoms with Gasteiger partial charge in [-0.05, 0) is 42.5 Å². The van der Waals surface area contributed by atoms with Gasteiger partial charge in [0.25, 0.3) is 5.89 Å². The highest BCUT2D eigenvalue weighted by Gasteiger charge is 2.13. The van der Waals surface area contributed by atoms with E-state index in [2.05, 4.69) is 16.7 Å². The summed E-state index contributed by atoms with van der Waals surface area (Å²) >= 11 is 0. The van der Waals surface area contributed by atoms with Gasteiger partial charge in [0, 0.05) is 11.1 Å². The van der Waals surface area contributed by atoms with Crippen molar-refractivity contribution in [2.75, 3.05) is 20.8 Å². The Morgan fingerprint density at radius 2 is 1.76 bits per heavy atom. The molecule has 25 heavy (non-hydrogen) atoms. The van der Waals surface area contributed by atoms with E-state index in [1.165, 1.54) is 0 Å². The molecule has 3 aromatic rings. The number of aromatic nitrogens is 2. The Labute approximate surface area is 145 Å². The Hall–Kier alpha value is -3.28. The average Bonchev–Trinajstić information content (AvgIpc) is 3.16. The van der Waals surface area contributed by atoms with Crippen molar-refractivity contribution in [3.8, 4) is 40.1 Å². The molecule has 6 heteroatoms. The molecule has 0 saturated heterocycles. The third-order valence-corrected chi connectivity index (χ3v) is 3.54. The molecule has 0 N–H and O–H groups in total. The number of hydrogen-bond donors (Lipinski definition) is 0. The smallest absolute Gasteiger partial charge is 0.258 e. The standard InChI is InChI=1S/C19H18N2O4/c1-4-11-24-16-10-7-14(12-17(16)23-3)18-20-19(25-21-18)13-5-8-15(22-2)9-6-13/h4-10,12H,1,11H2,2-3H3. The Morgan fingerprint density at radius 3 is 2.44 bits per heavy atom. The Morgan fingerprint density at radius 1 is 1.00 bits per heavy atom. The molecule has 0 amide bonds. The van der Waals surface area contributed by atoms with Gasteiger partial charge in [-0.1, -0.05) is 17.8 Å². The highest BCUT2D eigenvalue weighted by molar-refractivity contribution is 5.63. The Balaban J connectivity index is 1.87. The lowest BCUT2D eigenvalue weighted by Crippen LogP contribution is -1.96. The lowest BCUT2D eigenvalue weighted by atomic mass is 10.2. The summed E-state index contributed by atoms with van der Waals surface area (Å²) in [4.78, 5) is 4.44. The first-order chi connectivity index (χ1) is 12.2. The number of nitrogens with zero attached hydrogens (tertiary/aromatic N) is 2. The molecule has 0 unspecified atom stereocenters. The summed E-state index contributed by atoms with van der Waals surface area (Å²) in [6.07, 6.45) is 1.67. The summed E-state index contributed by atoms with van der Waals surface area (Å²) in [7, 11) is 3.20. The molecule has 128 valence electrons. The second-order valence-electron chi connectivity index (χ2n) is 5.12. The molecule has 1 heterocycles. The minimum absolute atomic E-state index is 0.402. The van der Waals surface area contributed by atoms with E-state index in [0.717, 1.165) is 16.9 Å². The first kappa shape index (κ1) is 16.6. The molecule has 1 aromatic heterocycles. The van der Waals surface area contributed by atoms with Crippen LogP contribution in [0.5, 0.6) is 17.2 Å². The SMILES string of the molecule is C=CCOc1ccc(-c2noc(-c3ccc(OC)cc3)n2)cc1OC. The van der Waals surface area contributed by atoms with Crippen LogP contribution >= 0.6 is 0 Å². The van der Waals surface area contributed by atoms with Crippen molar-refractivity contribution in [1.82, 2.24) is 10.1 Å². The van der Waals surface area contributed by atoms with Gasteiger partial charge in [0.1, 0.15) is 12.4 Å². The topological polar surface area (TPSA) is 66.6 Å². The van der Waals surface area contributed by atoms with Crippen LogP contribution in [-0.2, 0) is 0 Å². The summed E-state index contributed by atoms with van der Waals surface area (Å²) in [6.45, 7) is 4.04. The molecule has 0 atom stereocenters. The molecule has 0 saturated carbocycles. The van der Waals surface area contributed by atoms with Crippen LogP contribution in [0.1, 0.15) is 0 Å². The fourth-order valence-corrected chi connectivity index (χ4v) is 2.27. The molecule has 0 aliphatic carbocycles. The predicted octanol–water partition coefficient (Wildman–Crippen LogP) is 3.99. The molecule has 2 aromatic carbocycles. The van der Waals surface area contributed by atoms with Gasteiger partial charge in [0.05, 0.1) is 14.2 Å². The minimum atomic E-state index is 0.402. The van der Waals surface area contributed by atoms with Crippen LogP contribution < -0.4 is 14.2 Å². The van der Waals surface area contributed by atoms with Gasteiger partial charge in [-0.2, -0.15) is 4.98 Å². The van der Waals surface area contributed by atoms with Crippen molar-refractivity contribution in [1.29, 1.82) is 0 Å². The summed E-state index contributed by atoms with van der Waals surface area (Å²) in [5.74, 6) is 2.89. The maximum atomic E-state index is 5.55. The molecule has 0 radical (unpaired) electrons. The average molecular weight is 338 g/mol. The quantitative estimate of drug-likeness (QED) is 0.607. The van der Waals surface area contributed by atoms with E-state index in [0.29, 0.717) is 29.8 Å². The van der Waals surface area contributed by atoms with Gasteiger partial charge in [-0.3, -0.25) is 0 Å². The van der Waals surface area contributed by atoms with E-state index >= 15 is 0 Å². The van der Waals surface area contributed by atoms with E-state index in [9.17, 15) is 0 Å². The third-order valence-electron chi connectivity index (χ3n) is 3.54. The molecule has 0 spiro atoms. The maximum Gasteiger partial charge on any atom is 0.258 e. The van der Waals surface area contributed by atoms with Crippen molar-refractivity contribution in [2.45, 2.75) is 0 Å². The van der Waals surface area contributed by atoms with Crippen molar-refractivity contribution in [3.05, 3.63) is 55.1 Å². The highest BCUT2D eigenvalue weighted by Crippen LogP contribution is 2.32. The molecule has 6 nitrogen and oxygen atoms in total.